The van der Waals surface area contributed by atoms with Crippen LogP contribution in [-0.4, -0.2) is 6.18 Å². The minimum atomic E-state index is -4.14. The van der Waals surface area contributed by atoms with Crippen LogP contribution >= 0.6 is 0 Å². The zero-order valence-corrected chi connectivity index (χ0v) is 10.5. The predicted molar refractivity (Wildman–Crippen MR) is 60.2 cm³/mol. The summed E-state index contributed by atoms with van der Waals surface area (Å²) >= 11 is 0. The molecule has 0 heterocycles. The summed E-state index contributed by atoms with van der Waals surface area (Å²) in [4.78, 5) is 0. The first kappa shape index (κ1) is 13.6. The van der Waals surface area contributed by atoms with Crippen LogP contribution < -0.4 is 0 Å². The molecule has 0 aromatic carbocycles. The molecule has 0 amide bonds. The highest BCUT2D eigenvalue weighted by Crippen LogP contribution is 2.45. The van der Waals surface area contributed by atoms with Crippen molar-refractivity contribution in [3.8, 4) is 0 Å². The topological polar surface area (TPSA) is 0 Å². The summed E-state index contributed by atoms with van der Waals surface area (Å²) in [7, 11) is 0. The zero-order chi connectivity index (χ0) is 12.6. The second kappa shape index (κ2) is 4.42. The van der Waals surface area contributed by atoms with Gasteiger partial charge in [-0.05, 0) is 43.9 Å². The lowest BCUT2D eigenvalue weighted by atomic mass is 9.67. The first-order chi connectivity index (χ1) is 7.17. The fraction of sp³-hybridized carbons (Fsp3) is 0.846. The van der Waals surface area contributed by atoms with Gasteiger partial charge >= 0.3 is 6.18 Å². The average molecular weight is 234 g/mol. The minimum Gasteiger partial charge on any atom is -0.166 e. The lowest BCUT2D eigenvalue weighted by Crippen LogP contribution is -2.28. The normalized spacial score (nSPS) is 27.4. The Morgan fingerprint density at radius 1 is 1.19 bits per heavy atom. The Kier molecular flexibility index (Phi) is 3.76. The molecule has 1 saturated carbocycles. The van der Waals surface area contributed by atoms with Crippen molar-refractivity contribution < 1.29 is 13.2 Å². The van der Waals surface area contributed by atoms with Crippen LogP contribution in [0.15, 0.2) is 11.1 Å². The molecule has 0 aromatic rings. The summed E-state index contributed by atoms with van der Waals surface area (Å²) in [5.41, 5.74) is 0.471. The molecule has 0 saturated heterocycles. The lowest BCUT2D eigenvalue weighted by Gasteiger charge is -2.39. The van der Waals surface area contributed by atoms with Gasteiger partial charge in [0.1, 0.15) is 0 Å². The number of halogens is 3. The van der Waals surface area contributed by atoms with Gasteiger partial charge in [0.05, 0.1) is 0 Å². The second-order valence-corrected chi connectivity index (χ2v) is 5.54. The molecule has 1 fully saturated rings. The Morgan fingerprint density at radius 2 is 1.62 bits per heavy atom. The molecule has 0 N–H and O–H groups in total. The molecule has 0 radical (unpaired) electrons. The van der Waals surface area contributed by atoms with Gasteiger partial charge in [0, 0.05) is 5.57 Å². The summed E-state index contributed by atoms with van der Waals surface area (Å²) in [6, 6.07) is 0. The summed E-state index contributed by atoms with van der Waals surface area (Å²) < 4.78 is 37.6. The van der Waals surface area contributed by atoms with E-state index in [1.165, 1.54) is 6.92 Å². The quantitative estimate of drug-likeness (QED) is 0.553. The van der Waals surface area contributed by atoms with Gasteiger partial charge in [0.25, 0.3) is 0 Å². The van der Waals surface area contributed by atoms with Crippen LogP contribution in [0.1, 0.15) is 53.4 Å². The molecule has 0 aromatic heterocycles. The van der Waals surface area contributed by atoms with E-state index in [1.807, 2.05) is 0 Å². The molecular weight excluding hydrogens is 213 g/mol. The number of alkyl halides is 3. The third-order valence-corrected chi connectivity index (χ3v) is 4.35. The molecule has 0 nitrogen and oxygen atoms in total. The highest BCUT2D eigenvalue weighted by Gasteiger charge is 2.37. The molecule has 1 rings (SSSR count). The van der Waals surface area contributed by atoms with E-state index in [0.29, 0.717) is 24.3 Å². The molecule has 16 heavy (non-hydrogen) atoms. The van der Waals surface area contributed by atoms with Crippen LogP contribution in [0.5, 0.6) is 0 Å². The average Bonchev–Trinajstić information content (AvgIpc) is 2.16. The SMILES string of the molecule is CC(=C1CCC(C)(C(C)C)CC1)C(F)(F)F. The Bertz CT molecular complexity index is 274. The van der Waals surface area contributed by atoms with E-state index < -0.39 is 6.18 Å². The largest absolute Gasteiger partial charge is 0.412 e. The van der Waals surface area contributed by atoms with Crippen molar-refractivity contribution in [3.63, 3.8) is 0 Å². The van der Waals surface area contributed by atoms with Gasteiger partial charge in [0.15, 0.2) is 0 Å². The van der Waals surface area contributed by atoms with Gasteiger partial charge in [-0.2, -0.15) is 13.2 Å². The minimum absolute atomic E-state index is 0.218. The van der Waals surface area contributed by atoms with E-state index in [-0.39, 0.29) is 11.0 Å². The molecule has 3 heteroatoms. The highest BCUT2D eigenvalue weighted by atomic mass is 19.4. The van der Waals surface area contributed by atoms with Crippen molar-refractivity contribution in [2.75, 3.05) is 0 Å². The zero-order valence-electron chi connectivity index (χ0n) is 10.5. The van der Waals surface area contributed by atoms with Gasteiger partial charge in [-0.25, -0.2) is 0 Å². The Morgan fingerprint density at radius 3 is 1.94 bits per heavy atom. The molecule has 0 bridgehead atoms. The summed E-state index contributed by atoms with van der Waals surface area (Å²) in [5, 5.41) is 0. The Labute approximate surface area is 95.9 Å². The Hall–Kier alpha value is -0.470. The van der Waals surface area contributed by atoms with Crippen molar-refractivity contribution in [2.24, 2.45) is 11.3 Å². The summed E-state index contributed by atoms with van der Waals surface area (Å²) in [6.07, 6.45) is -1.15. The second-order valence-electron chi connectivity index (χ2n) is 5.54. The third-order valence-electron chi connectivity index (χ3n) is 4.35. The van der Waals surface area contributed by atoms with E-state index in [2.05, 4.69) is 20.8 Å². The van der Waals surface area contributed by atoms with Crippen LogP contribution in [0.2, 0.25) is 0 Å². The van der Waals surface area contributed by atoms with Crippen LogP contribution in [0.4, 0.5) is 13.2 Å². The van der Waals surface area contributed by atoms with Gasteiger partial charge < -0.3 is 0 Å². The van der Waals surface area contributed by atoms with E-state index in [0.717, 1.165) is 12.8 Å². The van der Waals surface area contributed by atoms with Crippen LogP contribution in [0.25, 0.3) is 0 Å². The van der Waals surface area contributed by atoms with E-state index in [1.54, 1.807) is 0 Å². The fourth-order valence-corrected chi connectivity index (χ4v) is 2.28. The highest BCUT2D eigenvalue weighted by molar-refractivity contribution is 5.19. The van der Waals surface area contributed by atoms with E-state index >= 15 is 0 Å². The van der Waals surface area contributed by atoms with Crippen molar-refractivity contribution in [2.45, 2.75) is 59.6 Å². The van der Waals surface area contributed by atoms with Gasteiger partial charge in [-0.1, -0.05) is 26.3 Å². The van der Waals surface area contributed by atoms with Crippen molar-refractivity contribution in [1.29, 1.82) is 0 Å². The molecule has 1 aliphatic carbocycles. The molecule has 0 unspecified atom stereocenters. The lowest BCUT2D eigenvalue weighted by molar-refractivity contribution is -0.0928. The maximum atomic E-state index is 12.5. The number of allylic oxidation sites excluding steroid dienone is 2. The van der Waals surface area contributed by atoms with Crippen molar-refractivity contribution in [1.82, 2.24) is 0 Å². The van der Waals surface area contributed by atoms with Crippen LogP contribution in [-0.2, 0) is 0 Å². The first-order valence-electron chi connectivity index (χ1n) is 5.92. The maximum Gasteiger partial charge on any atom is 0.412 e. The van der Waals surface area contributed by atoms with Crippen LogP contribution in [0, 0.1) is 11.3 Å². The molecule has 0 spiro atoms. The van der Waals surface area contributed by atoms with Crippen LogP contribution in [0.3, 0.4) is 0 Å². The fourth-order valence-electron chi connectivity index (χ4n) is 2.28. The van der Waals surface area contributed by atoms with Gasteiger partial charge in [-0.15, -0.1) is 0 Å². The Balaban J connectivity index is 2.76. The molecular formula is C13H21F3. The number of hydrogen-bond donors (Lipinski definition) is 0. The van der Waals surface area contributed by atoms with Crippen molar-refractivity contribution in [3.05, 3.63) is 11.1 Å². The standard InChI is InChI=1S/C13H21F3/c1-9(2)12(4)7-5-11(6-8-12)10(3)13(14,15)16/h9H,5-8H2,1-4H3. The summed E-state index contributed by atoms with van der Waals surface area (Å²) in [6.45, 7) is 7.72. The van der Waals surface area contributed by atoms with E-state index in [9.17, 15) is 13.2 Å². The third kappa shape index (κ3) is 2.80. The van der Waals surface area contributed by atoms with Crippen molar-refractivity contribution >= 4 is 0 Å². The number of hydrogen-bond acceptors (Lipinski definition) is 0. The molecule has 0 atom stereocenters. The maximum absolute atomic E-state index is 12.5. The monoisotopic (exact) mass is 234 g/mol. The first-order valence-corrected chi connectivity index (χ1v) is 5.92. The van der Waals surface area contributed by atoms with E-state index in [4.69, 9.17) is 0 Å². The summed E-state index contributed by atoms with van der Waals surface area (Å²) in [5.74, 6) is 0.542. The van der Waals surface area contributed by atoms with Gasteiger partial charge in [-0.3, -0.25) is 0 Å². The van der Waals surface area contributed by atoms with Gasteiger partial charge in [0.2, 0.25) is 0 Å². The molecule has 1 aliphatic rings. The molecule has 0 aliphatic heterocycles. The molecule has 94 valence electrons. The smallest absolute Gasteiger partial charge is 0.166 e. The number of rotatable bonds is 1. The predicted octanol–water partition coefficient (Wildman–Crippen LogP) is 5.10.